The number of ketones is 2. The van der Waals surface area contributed by atoms with E-state index in [1.165, 1.54) is 18.1 Å². The van der Waals surface area contributed by atoms with E-state index in [2.05, 4.69) is 70.0 Å². The number of aldehydes is 1. The summed E-state index contributed by atoms with van der Waals surface area (Å²) in [4.78, 5) is 102. The summed E-state index contributed by atoms with van der Waals surface area (Å²) in [6.45, 7) is 25.0. The number of benzene rings is 4. The van der Waals surface area contributed by atoms with Gasteiger partial charge in [-0.15, -0.1) is 0 Å². The van der Waals surface area contributed by atoms with Crippen molar-refractivity contribution in [2.24, 2.45) is 11.8 Å². The second-order valence-corrected chi connectivity index (χ2v) is 21.1. The molecule has 3 radical (unpaired) electrons. The van der Waals surface area contributed by atoms with Gasteiger partial charge in [0.25, 0.3) is 11.8 Å². The number of Topliss-reactive ketones (excluding diaryl/α,β-unsaturated/α-hetero) is 2. The van der Waals surface area contributed by atoms with Crippen molar-refractivity contribution < 1.29 is 91.8 Å². The van der Waals surface area contributed by atoms with Crippen LogP contribution in [0, 0.1) is 11.8 Å². The van der Waals surface area contributed by atoms with Crippen molar-refractivity contribution in [1.82, 2.24) is 20.0 Å². The van der Waals surface area contributed by atoms with E-state index in [4.69, 9.17) is 9.47 Å². The number of likely N-dealkylation sites (tertiary alicyclic amines) is 1. The summed E-state index contributed by atoms with van der Waals surface area (Å²) in [6.07, 6.45) is 9.84. The number of nitrogens with zero attached hydrogens (tertiary/aromatic N) is 3. The Labute approximate surface area is 527 Å². The molecule has 8 rings (SSSR count). The van der Waals surface area contributed by atoms with Gasteiger partial charge in [0.1, 0.15) is 17.8 Å². The first-order chi connectivity index (χ1) is 40.4. The van der Waals surface area contributed by atoms with Crippen molar-refractivity contribution in [2.75, 3.05) is 72.1 Å². The van der Waals surface area contributed by atoms with E-state index in [1.807, 2.05) is 99.0 Å². The van der Waals surface area contributed by atoms with Crippen LogP contribution < -0.4 is 44.3 Å². The van der Waals surface area contributed by atoms with Gasteiger partial charge >= 0.3 is 41.5 Å². The fourth-order valence-corrected chi connectivity index (χ4v) is 10.8. The number of nitrogens with one attached hydrogen (secondary N) is 1. The molecule has 0 unspecified atom stereocenters. The van der Waals surface area contributed by atoms with Crippen molar-refractivity contribution >= 4 is 55.6 Å². The molecule has 455 valence electrons. The minimum atomic E-state index is -0.639. The van der Waals surface area contributed by atoms with Gasteiger partial charge in [-0.25, -0.2) is 19.4 Å². The van der Waals surface area contributed by atoms with E-state index < -0.39 is 17.9 Å². The van der Waals surface area contributed by atoms with Gasteiger partial charge in [-0.3, -0.25) is 24.0 Å². The molecule has 1 N–H and O–H groups in total. The number of amides is 2. The summed E-state index contributed by atoms with van der Waals surface area (Å²) in [5.74, 6) is 1.99. The molecule has 2 aliphatic heterocycles. The molecule has 0 aromatic heterocycles. The van der Waals surface area contributed by atoms with Crippen LogP contribution in [0.5, 0.6) is 11.5 Å². The SMILES string of the molecule is CC(=O)OOC(C)=O.CCC=O.CCCN1CC[C@H](COc2ccc3c(c2)C(=O)CC3)[C@@H](c2ccc(C(=O)N(CC)CC)cc2)CC1.CCN(CC)C(=O)c1ccc([C@H]2CCNCC[C@@H]2COc2ccc3c(c2)C(=O)CC3)cc1.[B-]OC(C)=O.[Na+]. The summed E-state index contributed by atoms with van der Waals surface area (Å²) < 4.78 is 16.1. The molecule has 2 aliphatic carbocycles. The van der Waals surface area contributed by atoms with Crippen molar-refractivity contribution in [3.8, 4) is 11.5 Å². The zero-order chi connectivity index (χ0) is 61.6. The van der Waals surface area contributed by atoms with Crippen LogP contribution in [-0.4, -0.2) is 142 Å². The van der Waals surface area contributed by atoms with Crippen LogP contribution in [0.4, 0.5) is 0 Å². The molecule has 19 heteroatoms. The number of carbonyl (C=O) groups is 8. The van der Waals surface area contributed by atoms with E-state index in [0.29, 0.717) is 56.1 Å². The quantitative estimate of drug-likeness (QED) is 0.0477. The number of aryl methyl sites for hydroxylation is 2. The first-order valence-electron chi connectivity index (χ1n) is 29.9. The number of hydrogen-bond acceptors (Lipinski definition) is 15. The van der Waals surface area contributed by atoms with Gasteiger partial charge in [0, 0.05) is 100 Å². The molecule has 2 saturated heterocycles. The fourth-order valence-electron chi connectivity index (χ4n) is 10.8. The number of carbonyl (C=O) groups excluding carboxylic acids is 8. The Balaban J connectivity index is 0.000000348. The third-order valence-corrected chi connectivity index (χ3v) is 15.4. The van der Waals surface area contributed by atoms with Gasteiger partial charge in [0.05, 0.1) is 13.2 Å². The maximum atomic E-state index is 12.8. The van der Waals surface area contributed by atoms with E-state index in [-0.39, 0.29) is 52.9 Å². The van der Waals surface area contributed by atoms with Crippen molar-refractivity contribution in [3.05, 3.63) is 129 Å². The largest absolute Gasteiger partial charge is 1.00 e. The van der Waals surface area contributed by atoms with E-state index >= 15 is 0 Å². The second kappa shape index (κ2) is 39.5. The third kappa shape index (κ3) is 23.9. The first kappa shape index (κ1) is 73.1. The van der Waals surface area contributed by atoms with Gasteiger partial charge < -0.3 is 47.0 Å². The number of rotatable bonds is 17. The fraction of sp³-hybridized carbons (Fsp3) is 0.515. The van der Waals surface area contributed by atoms with E-state index in [0.717, 1.165) is 169 Å². The Morgan fingerprint density at radius 1 is 0.576 bits per heavy atom. The first-order valence-corrected chi connectivity index (χ1v) is 29.9. The standard InChI is InChI=1S/C30H40N2O3.C27H34N2O3.C4H6O4.C3H6O.C2H3BO2.Na/c1-4-17-31-18-15-25(21-35-26-13-11-23-12-14-29(33)28(23)20-26)27(16-19-31)22-7-9-24(10-8-22)30(34)32(5-2)6-3;1-3-29(4-2)27(31)21-7-5-19(6-8-21)24-14-16-28-15-13-22(24)18-32-23-11-9-20-10-12-26(30)25(20)17-23;1-3(5)7-8-4(2)6;1-2-3-4;1-2(4)5-3;/h7-11,13,20,25,27H,4-6,12,14-19,21H2,1-3H3;5-9,11,17,22,24,28H,3-4,10,12-16,18H2,1-2H3;1-2H3;3H,2H2,1H3;1H3;/q;;;;-1;+1/t25-,27-;22-,24-;;;;/m11..../s1. The minimum Gasteiger partial charge on any atom is -0.793 e. The molecule has 4 aromatic rings. The normalized spacial score (nSPS) is 17.5. The van der Waals surface area contributed by atoms with Crippen LogP contribution in [0.1, 0.15) is 189 Å². The topological polar surface area (TPSA) is 204 Å². The van der Waals surface area contributed by atoms with Crippen LogP contribution in [0.15, 0.2) is 84.9 Å². The van der Waals surface area contributed by atoms with Crippen LogP contribution in [-0.2, 0) is 46.4 Å². The average molecular weight is 1180 g/mol. The summed E-state index contributed by atoms with van der Waals surface area (Å²) in [7, 11) is 4.32. The number of hydrogen-bond donors (Lipinski definition) is 1. The van der Waals surface area contributed by atoms with Gasteiger partial charge in [-0.05, 0) is 188 Å². The van der Waals surface area contributed by atoms with Crippen molar-refractivity contribution in [2.45, 2.75) is 138 Å². The van der Waals surface area contributed by atoms with Crippen LogP contribution in [0.25, 0.3) is 0 Å². The molecule has 0 spiro atoms. The van der Waals surface area contributed by atoms with Crippen molar-refractivity contribution in [1.29, 1.82) is 0 Å². The van der Waals surface area contributed by atoms with Gasteiger partial charge in [0.2, 0.25) is 5.97 Å². The van der Waals surface area contributed by atoms with E-state index in [1.54, 1.807) is 0 Å². The van der Waals surface area contributed by atoms with Crippen molar-refractivity contribution in [3.63, 3.8) is 0 Å². The van der Waals surface area contributed by atoms with Gasteiger partial charge in [-0.1, -0.05) is 50.2 Å². The molecule has 4 aromatic carbocycles. The molecule has 2 amide bonds. The average Bonchev–Trinajstić information content (AvgIpc) is 4.05. The zero-order valence-corrected chi connectivity index (χ0v) is 54.0. The molecular weight excluding hydrogens is 1090 g/mol. The predicted octanol–water partition coefficient (Wildman–Crippen LogP) is 7.30. The van der Waals surface area contributed by atoms with Gasteiger partial charge in [0.15, 0.2) is 11.6 Å². The molecular formula is C66H89BN4NaO13. The molecule has 2 fully saturated rings. The van der Waals surface area contributed by atoms with Crippen LogP contribution in [0.2, 0.25) is 0 Å². The maximum Gasteiger partial charge on any atom is 1.00 e. The second-order valence-electron chi connectivity index (χ2n) is 21.1. The third-order valence-electron chi connectivity index (χ3n) is 15.4. The maximum absolute atomic E-state index is 12.8. The smallest absolute Gasteiger partial charge is 0.793 e. The summed E-state index contributed by atoms with van der Waals surface area (Å²) in [6, 6.07) is 28.4. The Bertz CT molecular complexity index is 2740. The molecule has 85 heavy (non-hydrogen) atoms. The Kier molecular flexibility index (Phi) is 34.0. The molecule has 17 nitrogen and oxygen atoms in total. The number of ether oxygens (including phenoxy) is 2. The summed E-state index contributed by atoms with van der Waals surface area (Å²) >= 11 is 0. The molecule has 0 saturated carbocycles. The van der Waals surface area contributed by atoms with Gasteiger partial charge in [-0.2, -0.15) is 0 Å². The van der Waals surface area contributed by atoms with E-state index in [9.17, 15) is 38.4 Å². The minimum absolute atomic E-state index is 0. The van der Waals surface area contributed by atoms with Crippen LogP contribution in [0.3, 0.4) is 0 Å². The number of fused-ring (bicyclic) bond motifs is 2. The Morgan fingerprint density at radius 3 is 1.36 bits per heavy atom. The molecule has 4 aliphatic rings. The monoisotopic (exact) mass is 1180 g/mol. The predicted molar refractivity (Wildman–Crippen MR) is 325 cm³/mol. The summed E-state index contributed by atoms with van der Waals surface area (Å²) in [5.41, 5.74) is 8.01. The Morgan fingerprint density at radius 2 is 0.976 bits per heavy atom. The molecule has 0 bridgehead atoms. The van der Waals surface area contributed by atoms with Crippen LogP contribution >= 0.6 is 0 Å². The Hall–Kier alpha value is -6.18. The zero-order valence-electron chi connectivity index (χ0n) is 52.0. The summed E-state index contributed by atoms with van der Waals surface area (Å²) in [5, 5.41) is 3.51. The molecule has 2 heterocycles. The molecule has 4 atom stereocenters.